The Morgan fingerprint density at radius 3 is 2.14 bits per heavy atom. The van der Waals surface area contributed by atoms with Crippen molar-refractivity contribution >= 4 is 11.7 Å². The highest BCUT2D eigenvalue weighted by molar-refractivity contribution is 5.91. The third-order valence-corrected chi connectivity index (χ3v) is 2.50. The number of carbonyl (C=O) groups is 1. The summed E-state index contributed by atoms with van der Waals surface area (Å²) in [5.74, 6) is 0. The standard InChI is InChI=1S/C11H16N2O/c1-7-5-9(3)10(6-8(7)2)13(4)11(12)14/h5-6H,1-4H3,(H2,12,14). The maximum atomic E-state index is 11.0. The van der Waals surface area contributed by atoms with Crippen molar-refractivity contribution in [3.63, 3.8) is 0 Å². The van der Waals surface area contributed by atoms with E-state index in [9.17, 15) is 4.79 Å². The van der Waals surface area contributed by atoms with Gasteiger partial charge in [-0.3, -0.25) is 4.90 Å². The second kappa shape index (κ2) is 3.70. The topological polar surface area (TPSA) is 46.3 Å². The van der Waals surface area contributed by atoms with Crippen LogP contribution in [0.25, 0.3) is 0 Å². The van der Waals surface area contributed by atoms with Crippen molar-refractivity contribution in [1.29, 1.82) is 0 Å². The summed E-state index contributed by atoms with van der Waals surface area (Å²) in [6.45, 7) is 6.05. The lowest BCUT2D eigenvalue weighted by atomic mass is 10.0. The summed E-state index contributed by atoms with van der Waals surface area (Å²) < 4.78 is 0. The fourth-order valence-corrected chi connectivity index (χ4v) is 1.43. The van der Waals surface area contributed by atoms with E-state index in [0.29, 0.717) is 0 Å². The monoisotopic (exact) mass is 192 g/mol. The van der Waals surface area contributed by atoms with Crippen LogP contribution in [0.1, 0.15) is 16.7 Å². The average Bonchev–Trinajstić information content (AvgIpc) is 2.10. The normalized spacial score (nSPS) is 10.0. The Bertz CT molecular complexity index is 372. The lowest BCUT2D eigenvalue weighted by Crippen LogP contribution is -2.32. The molecule has 14 heavy (non-hydrogen) atoms. The maximum Gasteiger partial charge on any atom is 0.319 e. The van der Waals surface area contributed by atoms with Crippen molar-refractivity contribution in [3.05, 3.63) is 28.8 Å². The highest BCUT2D eigenvalue weighted by atomic mass is 16.2. The minimum absolute atomic E-state index is 0.434. The molecule has 0 atom stereocenters. The van der Waals surface area contributed by atoms with Gasteiger partial charge >= 0.3 is 6.03 Å². The minimum Gasteiger partial charge on any atom is -0.351 e. The van der Waals surface area contributed by atoms with Crippen molar-refractivity contribution in [1.82, 2.24) is 0 Å². The van der Waals surface area contributed by atoms with Crippen molar-refractivity contribution in [2.75, 3.05) is 11.9 Å². The zero-order chi connectivity index (χ0) is 10.9. The highest BCUT2D eigenvalue weighted by Crippen LogP contribution is 2.22. The number of anilines is 1. The Kier molecular flexibility index (Phi) is 2.79. The van der Waals surface area contributed by atoms with Gasteiger partial charge in [0.05, 0.1) is 0 Å². The van der Waals surface area contributed by atoms with Gasteiger partial charge in [0.25, 0.3) is 0 Å². The largest absolute Gasteiger partial charge is 0.351 e. The average molecular weight is 192 g/mol. The molecule has 0 aliphatic carbocycles. The zero-order valence-electron chi connectivity index (χ0n) is 9.09. The predicted molar refractivity (Wildman–Crippen MR) is 58.6 cm³/mol. The molecule has 0 saturated heterocycles. The molecule has 0 aliphatic heterocycles. The molecule has 0 saturated carbocycles. The molecule has 0 heterocycles. The number of rotatable bonds is 1. The molecule has 3 heteroatoms. The summed E-state index contributed by atoms with van der Waals surface area (Å²) in [5.41, 5.74) is 9.54. The van der Waals surface area contributed by atoms with Crippen molar-refractivity contribution in [3.8, 4) is 0 Å². The molecular weight excluding hydrogens is 176 g/mol. The lowest BCUT2D eigenvalue weighted by Gasteiger charge is -2.18. The van der Waals surface area contributed by atoms with Gasteiger partial charge in [-0.15, -0.1) is 0 Å². The molecule has 3 nitrogen and oxygen atoms in total. The van der Waals surface area contributed by atoms with E-state index in [1.165, 1.54) is 16.0 Å². The molecule has 0 spiro atoms. The first-order valence-corrected chi connectivity index (χ1v) is 4.54. The molecule has 0 radical (unpaired) electrons. The molecule has 1 rings (SSSR count). The van der Waals surface area contributed by atoms with Gasteiger partial charge < -0.3 is 5.73 Å². The predicted octanol–water partition coefficient (Wildman–Crippen LogP) is 2.13. The molecule has 1 aromatic carbocycles. The van der Waals surface area contributed by atoms with Gasteiger partial charge in [-0.2, -0.15) is 0 Å². The fraction of sp³-hybridized carbons (Fsp3) is 0.364. The zero-order valence-corrected chi connectivity index (χ0v) is 9.09. The van der Waals surface area contributed by atoms with Crippen LogP contribution >= 0.6 is 0 Å². The molecular formula is C11H16N2O. The number of carbonyl (C=O) groups excluding carboxylic acids is 1. The first-order chi connectivity index (χ1) is 6.43. The Balaban J connectivity index is 3.22. The Labute approximate surface area is 84.5 Å². The van der Waals surface area contributed by atoms with Crippen LogP contribution in [0.15, 0.2) is 12.1 Å². The molecule has 0 bridgehead atoms. The molecule has 1 aromatic rings. The summed E-state index contributed by atoms with van der Waals surface area (Å²) in [5, 5.41) is 0. The second-order valence-electron chi connectivity index (χ2n) is 3.62. The number of benzene rings is 1. The van der Waals surface area contributed by atoms with Gasteiger partial charge in [-0.05, 0) is 43.5 Å². The van der Waals surface area contributed by atoms with Crippen LogP contribution in [0, 0.1) is 20.8 Å². The molecule has 76 valence electrons. The molecule has 0 unspecified atom stereocenters. The van der Waals surface area contributed by atoms with Crippen LogP contribution < -0.4 is 10.6 Å². The maximum absolute atomic E-state index is 11.0. The minimum atomic E-state index is -0.434. The van der Waals surface area contributed by atoms with Crippen LogP contribution in [-0.2, 0) is 0 Å². The summed E-state index contributed by atoms with van der Waals surface area (Å²) in [7, 11) is 1.68. The van der Waals surface area contributed by atoms with Gasteiger partial charge in [0.1, 0.15) is 0 Å². The molecule has 2 N–H and O–H groups in total. The summed E-state index contributed by atoms with van der Waals surface area (Å²) in [4.78, 5) is 12.5. The Morgan fingerprint density at radius 2 is 1.64 bits per heavy atom. The number of hydrogen-bond acceptors (Lipinski definition) is 1. The van der Waals surface area contributed by atoms with Gasteiger partial charge in [-0.25, -0.2) is 4.79 Å². The van der Waals surface area contributed by atoms with Gasteiger partial charge in [0, 0.05) is 12.7 Å². The highest BCUT2D eigenvalue weighted by Gasteiger charge is 2.10. The van der Waals surface area contributed by atoms with E-state index in [1.54, 1.807) is 7.05 Å². The van der Waals surface area contributed by atoms with E-state index in [0.717, 1.165) is 11.3 Å². The SMILES string of the molecule is Cc1cc(C)c(N(C)C(N)=O)cc1C. The van der Waals surface area contributed by atoms with E-state index in [2.05, 4.69) is 13.0 Å². The number of hydrogen-bond donors (Lipinski definition) is 1. The fourth-order valence-electron chi connectivity index (χ4n) is 1.43. The smallest absolute Gasteiger partial charge is 0.319 e. The molecule has 0 fully saturated rings. The van der Waals surface area contributed by atoms with Crippen LogP contribution in [0.4, 0.5) is 10.5 Å². The van der Waals surface area contributed by atoms with E-state index in [-0.39, 0.29) is 0 Å². The van der Waals surface area contributed by atoms with E-state index in [1.807, 2.05) is 19.9 Å². The van der Waals surface area contributed by atoms with Crippen molar-refractivity contribution in [2.24, 2.45) is 5.73 Å². The van der Waals surface area contributed by atoms with Gasteiger partial charge in [-0.1, -0.05) is 6.07 Å². The number of nitrogens with zero attached hydrogens (tertiary/aromatic N) is 1. The Hall–Kier alpha value is -1.51. The number of nitrogens with two attached hydrogens (primary N) is 1. The van der Waals surface area contributed by atoms with Crippen LogP contribution in [0.3, 0.4) is 0 Å². The molecule has 0 aliphatic rings. The molecule has 0 aromatic heterocycles. The quantitative estimate of drug-likeness (QED) is 0.728. The van der Waals surface area contributed by atoms with E-state index < -0.39 is 6.03 Å². The van der Waals surface area contributed by atoms with Crippen LogP contribution in [-0.4, -0.2) is 13.1 Å². The van der Waals surface area contributed by atoms with Crippen LogP contribution in [0.5, 0.6) is 0 Å². The summed E-state index contributed by atoms with van der Waals surface area (Å²) in [6.07, 6.45) is 0. The van der Waals surface area contributed by atoms with Crippen molar-refractivity contribution < 1.29 is 4.79 Å². The van der Waals surface area contributed by atoms with E-state index in [4.69, 9.17) is 5.73 Å². The first-order valence-electron chi connectivity index (χ1n) is 4.54. The number of primary amides is 1. The molecule has 2 amide bonds. The summed E-state index contributed by atoms with van der Waals surface area (Å²) >= 11 is 0. The Morgan fingerprint density at radius 1 is 1.14 bits per heavy atom. The third kappa shape index (κ3) is 1.87. The van der Waals surface area contributed by atoms with Crippen LogP contribution in [0.2, 0.25) is 0 Å². The lowest BCUT2D eigenvalue weighted by molar-refractivity contribution is 0.255. The second-order valence-corrected chi connectivity index (χ2v) is 3.62. The van der Waals surface area contributed by atoms with Gasteiger partial charge in [0.2, 0.25) is 0 Å². The number of urea groups is 1. The van der Waals surface area contributed by atoms with Crippen molar-refractivity contribution in [2.45, 2.75) is 20.8 Å². The number of amides is 2. The summed E-state index contributed by atoms with van der Waals surface area (Å²) in [6, 6.07) is 3.61. The first kappa shape index (κ1) is 10.6. The van der Waals surface area contributed by atoms with Gasteiger partial charge in [0.15, 0.2) is 0 Å². The third-order valence-electron chi connectivity index (χ3n) is 2.50. The van der Waals surface area contributed by atoms with E-state index >= 15 is 0 Å². The number of aryl methyl sites for hydroxylation is 3.